The fourth-order valence-electron chi connectivity index (χ4n) is 3.91. The lowest BCUT2D eigenvalue weighted by Crippen LogP contribution is -2.53. The standard InChI is InChI=1S/C21H25N5O6/c1-32-18-12-4-2-3-5-14(12)24-17(16(18)19(22)29)13(6-7-15(27)28)20(30)25-8-10-26(11-9-25)21(23)31/h2-5,13H,6-11H2,1H3,(H2,22,29)(H2,23,31)(H,27,28). The molecule has 1 atom stereocenters. The number of ether oxygens (including phenoxy) is 1. The molecule has 11 heteroatoms. The Hall–Kier alpha value is -3.89. The van der Waals surface area contributed by atoms with E-state index in [9.17, 15) is 24.3 Å². The van der Waals surface area contributed by atoms with Crippen LogP contribution in [0.15, 0.2) is 24.3 Å². The number of benzene rings is 1. The molecule has 1 aromatic carbocycles. The first-order valence-electron chi connectivity index (χ1n) is 10.1. The van der Waals surface area contributed by atoms with Crippen molar-refractivity contribution in [1.29, 1.82) is 0 Å². The Balaban J connectivity index is 2.08. The van der Waals surface area contributed by atoms with Gasteiger partial charge in [0.2, 0.25) is 5.91 Å². The van der Waals surface area contributed by atoms with E-state index >= 15 is 0 Å². The fraction of sp³-hybridized carbons (Fsp3) is 0.381. The first kappa shape index (κ1) is 22.8. The smallest absolute Gasteiger partial charge is 0.314 e. The number of amides is 4. The maximum atomic E-state index is 13.5. The number of nitrogens with zero attached hydrogens (tertiary/aromatic N) is 3. The van der Waals surface area contributed by atoms with Crippen molar-refractivity contribution in [2.75, 3.05) is 33.3 Å². The molecule has 0 bridgehead atoms. The Morgan fingerprint density at radius 2 is 1.72 bits per heavy atom. The molecule has 0 radical (unpaired) electrons. The molecule has 0 saturated carbocycles. The molecule has 0 aliphatic carbocycles. The largest absolute Gasteiger partial charge is 0.495 e. The molecule has 3 rings (SSSR count). The number of hydrogen-bond donors (Lipinski definition) is 3. The Morgan fingerprint density at radius 1 is 1.09 bits per heavy atom. The number of carbonyl (C=O) groups is 4. The number of pyridine rings is 1. The average Bonchev–Trinajstić information content (AvgIpc) is 2.77. The number of para-hydroxylation sites is 1. The molecular weight excluding hydrogens is 418 g/mol. The number of nitrogens with two attached hydrogens (primary N) is 2. The molecule has 170 valence electrons. The van der Waals surface area contributed by atoms with Crippen LogP contribution in [-0.2, 0) is 9.59 Å². The number of aliphatic carboxylic acids is 1. The lowest BCUT2D eigenvalue weighted by atomic mass is 9.91. The zero-order chi connectivity index (χ0) is 23.4. The summed E-state index contributed by atoms with van der Waals surface area (Å²) >= 11 is 0. The maximum Gasteiger partial charge on any atom is 0.314 e. The monoisotopic (exact) mass is 443 g/mol. The number of hydrogen-bond acceptors (Lipinski definition) is 6. The van der Waals surface area contributed by atoms with E-state index in [0.29, 0.717) is 10.9 Å². The van der Waals surface area contributed by atoms with Gasteiger partial charge in [0.05, 0.1) is 24.2 Å². The molecule has 2 aromatic rings. The first-order valence-corrected chi connectivity index (χ1v) is 10.1. The van der Waals surface area contributed by atoms with Crippen molar-refractivity contribution in [3.8, 4) is 5.75 Å². The van der Waals surface area contributed by atoms with Crippen molar-refractivity contribution < 1.29 is 29.0 Å². The molecule has 0 spiro atoms. The summed E-state index contributed by atoms with van der Waals surface area (Å²) in [7, 11) is 1.38. The number of rotatable bonds is 7. The summed E-state index contributed by atoms with van der Waals surface area (Å²) in [4.78, 5) is 56.0. The molecule has 32 heavy (non-hydrogen) atoms. The molecular formula is C21H25N5O6. The van der Waals surface area contributed by atoms with Crippen molar-refractivity contribution in [2.45, 2.75) is 18.8 Å². The Bertz CT molecular complexity index is 1060. The van der Waals surface area contributed by atoms with E-state index < -0.39 is 29.7 Å². The molecule has 1 unspecified atom stereocenters. The third-order valence-corrected chi connectivity index (χ3v) is 5.50. The van der Waals surface area contributed by atoms with Gasteiger partial charge >= 0.3 is 12.0 Å². The van der Waals surface area contributed by atoms with E-state index in [1.165, 1.54) is 16.9 Å². The predicted octanol–water partition coefficient (Wildman–Crippen LogP) is 0.514. The molecule has 11 nitrogen and oxygen atoms in total. The first-order chi connectivity index (χ1) is 15.2. The van der Waals surface area contributed by atoms with Crippen LogP contribution in [0.5, 0.6) is 5.75 Å². The summed E-state index contributed by atoms with van der Waals surface area (Å²) in [5.41, 5.74) is 11.5. The lowest BCUT2D eigenvalue weighted by Gasteiger charge is -2.35. The van der Waals surface area contributed by atoms with Crippen LogP contribution in [0.4, 0.5) is 4.79 Å². The molecule has 4 amide bonds. The van der Waals surface area contributed by atoms with Crippen LogP contribution < -0.4 is 16.2 Å². The number of urea groups is 1. The summed E-state index contributed by atoms with van der Waals surface area (Å²) in [6.45, 7) is 0.956. The average molecular weight is 443 g/mol. The third kappa shape index (κ3) is 4.56. The second-order valence-electron chi connectivity index (χ2n) is 7.42. The number of aromatic nitrogens is 1. The van der Waals surface area contributed by atoms with Gasteiger partial charge in [-0.15, -0.1) is 0 Å². The van der Waals surface area contributed by atoms with Gasteiger partial charge in [-0.05, 0) is 18.6 Å². The third-order valence-electron chi connectivity index (χ3n) is 5.50. The van der Waals surface area contributed by atoms with E-state index in [2.05, 4.69) is 4.98 Å². The van der Waals surface area contributed by atoms with E-state index in [-0.39, 0.29) is 56.0 Å². The molecule has 2 heterocycles. The summed E-state index contributed by atoms with van der Waals surface area (Å²) in [6, 6.07) is 6.35. The summed E-state index contributed by atoms with van der Waals surface area (Å²) in [6.07, 6.45) is -0.397. The van der Waals surface area contributed by atoms with Gasteiger partial charge in [0.15, 0.2) is 0 Å². The number of fused-ring (bicyclic) bond motifs is 1. The predicted molar refractivity (Wildman–Crippen MR) is 114 cm³/mol. The quantitative estimate of drug-likeness (QED) is 0.560. The van der Waals surface area contributed by atoms with Crippen molar-refractivity contribution in [2.24, 2.45) is 11.5 Å². The SMILES string of the molecule is COc1c(C(N)=O)c(C(CCC(=O)O)C(=O)N2CCN(C(N)=O)CC2)nc2ccccc12. The number of primary amides is 2. The zero-order valence-corrected chi connectivity index (χ0v) is 17.6. The van der Waals surface area contributed by atoms with Gasteiger partial charge in [-0.25, -0.2) is 4.79 Å². The van der Waals surface area contributed by atoms with Crippen molar-refractivity contribution in [3.05, 3.63) is 35.5 Å². The molecule has 5 N–H and O–H groups in total. The second-order valence-corrected chi connectivity index (χ2v) is 7.42. The van der Waals surface area contributed by atoms with Crippen LogP contribution in [0.2, 0.25) is 0 Å². The van der Waals surface area contributed by atoms with Crippen molar-refractivity contribution in [1.82, 2.24) is 14.8 Å². The van der Waals surface area contributed by atoms with Gasteiger partial charge in [-0.2, -0.15) is 0 Å². The Kier molecular flexibility index (Phi) is 6.76. The summed E-state index contributed by atoms with van der Waals surface area (Å²) < 4.78 is 5.46. The Morgan fingerprint density at radius 3 is 2.28 bits per heavy atom. The highest BCUT2D eigenvalue weighted by molar-refractivity contribution is 6.04. The van der Waals surface area contributed by atoms with Gasteiger partial charge in [-0.1, -0.05) is 12.1 Å². The summed E-state index contributed by atoms with van der Waals surface area (Å²) in [5, 5.41) is 9.78. The minimum atomic E-state index is -1.09. The minimum Gasteiger partial charge on any atom is -0.495 e. The van der Waals surface area contributed by atoms with Gasteiger partial charge in [0, 0.05) is 38.0 Å². The second kappa shape index (κ2) is 9.50. The van der Waals surface area contributed by atoms with Crippen LogP contribution in [0.3, 0.4) is 0 Å². The highest BCUT2D eigenvalue weighted by atomic mass is 16.5. The molecule has 1 aliphatic heterocycles. The van der Waals surface area contributed by atoms with Gasteiger partial charge in [-0.3, -0.25) is 19.4 Å². The minimum absolute atomic E-state index is 0.0503. The molecule has 1 aliphatic rings. The normalized spacial score (nSPS) is 14.8. The van der Waals surface area contributed by atoms with Crippen LogP contribution in [-0.4, -0.2) is 77.0 Å². The lowest BCUT2D eigenvalue weighted by molar-refractivity contribution is -0.138. The van der Waals surface area contributed by atoms with Crippen LogP contribution in [0.1, 0.15) is 34.8 Å². The zero-order valence-electron chi connectivity index (χ0n) is 17.6. The van der Waals surface area contributed by atoms with E-state index in [4.69, 9.17) is 16.2 Å². The maximum absolute atomic E-state index is 13.5. The van der Waals surface area contributed by atoms with Crippen LogP contribution in [0, 0.1) is 0 Å². The number of piperazine rings is 1. The number of methoxy groups -OCH3 is 1. The van der Waals surface area contributed by atoms with E-state index in [1.54, 1.807) is 24.3 Å². The fourth-order valence-corrected chi connectivity index (χ4v) is 3.91. The Labute approximate surface area is 183 Å². The molecule has 1 fully saturated rings. The van der Waals surface area contributed by atoms with Gasteiger partial charge in [0.1, 0.15) is 11.3 Å². The topological polar surface area (TPSA) is 169 Å². The van der Waals surface area contributed by atoms with E-state index in [0.717, 1.165) is 0 Å². The number of carbonyl (C=O) groups excluding carboxylic acids is 3. The molecule has 1 saturated heterocycles. The number of carboxylic acids is 1. The molecule has 1 aromatic heterocycles. The highest BCUT2D eigenvalue weighted by Crippen LogP contribution is 2.36. The number of carboxylic acid groups (broad SMARTS) is 1. The van der Waals surface area contributed by atoms with Crippen LogP contribution >= 0.6 is 0 Å². The van der Waals surface area contributed by atoms with E-state index in [1.807, 2.05) is 0 Å². The highest BCUT2D eigenvalue weighted by Gasteiger charge is 2.34. The van der Waals surface area contributed by atoms with Crippen LogP contribution in [0.25, 0.3) is 10.9 Å². The van der Waals surface area contributed by atoms with Crippen molar-refractivity contribution >= 4 is 34.7 Å². The van der Waals surface area contributed by atoms with Crippen molar-refractivity contribution in [3.63, 3.8) is 0 Å². The summed E-state index contributed by atoms with van der Waals surface area (Å²) in [5.74, 6) is -3.17. The van der Waals surface area contributed by atoms with Gasteiger partial charge in [0.25, 0.3) is 5.91 Å². The van der Waals surface area contributed by atoms with Gasteiger partial charge < -0.3 is 31.1 Å².